The Labute approximate surface area is 204 Å². The van der Waals surface area contributed by atoms with Crippen molar-refractivity contribution < 1.29 is 19.1 Å². The molecule has 34 heavy (non-hydrogen) atoms. The van der Waals surface area contributed by atoms with Gasteiger partial charge in [0.1, 0.15) is 18.4 Å². The van der Waals surface area contributed by atoms with Crippen LogP contribution in [0.1, 0.15) is 53.1 Å². The number of piperidine rings is 1. The Bertz CT molecular complexity index is 1090. The number of allylic oxidation sites excluding steroid dienone is 1. The van der Waals surface area contributed by atoms with Crippen LogP contribution in [0.2, 0.25) is 0 Å². The number of amides is 2. The first-order valence-corrected chi connectivity index (χ1v) is 12.7. The molecule has 2 aromatic rings. The van der Waals surface area contributed by atoms with Crippen molar-refractivity contribution in [2.24, 2.45) is 0 Å². The summed E-state index contributed by atoms with van der Waals surface area (Å²) in [5, 5.41) is 4.68. The van der Waals surface area contributed by atoms with Crippen LogP contribution in [-0.2, 0) is 29.2 Å². The van der Waals surface area contributed by atoms with Crippen LogP contribution >= 0.6 is 11.3 Å². The molecule has 0 radical (unpaired) electrons. The SMILES string of the molecule is C=C1CC[C@H](N2Cc3c(csc3COc3ccc(CN4CC(C)OC(C)C4)cc3)C2=O)C(=O)N1. The molecule has 1 aromatic heterocycles. The fourth-order valence-corrected chi connectivity index (χ4v) is 6.06. The Kier molecular flexibility index (Phi) is 6.46. The molecule has 0 spiro atoms. The lowest BCUT2D eigenvalue weighted by Gasteiger charge is -2.35. The molecule has 0 bridgehead atoms. The van der Waals surface area contributed by atoms with E-state index in [0.717, 1.165) is 41.5 Å². The van der Waals surface area contributed by atoms with Crippen LogP contribution in [0, 0.1) is 0 Å². The van der Waals surface area contributed by atoms with Gasteiger partial charge in [0, 0.05) is 47.7 Å². The van der Waals surface area contributed by atoms with E-state index in [4.69, 9.17) is 9.47 Å². The van der Waals surface area contributed by atoms with Crippen LogP contribution in [0.4, 0.5) is 0 Å². The molecule has 1 N–H and O–H groups in total. The molecule has 4 heterocycles. The standard InChI is InChI=1S/C26H31N3O4S/c1-16-4-9-23(25(30)27-16)29-13-21-22(26(29)31)15-34-24(21)14-32-20-7-5-19(6-8-20)12-28-10-17(2)33-18(3)11-28/h5-8,15,17-18,23H,1,4,9-14H2,2-3H3,(H,27,30)/t17?,18?,23-/m0/s1. The zero-order valence-corrected chi connectivity index (χ0v) is 20.5. The molecular formula is C26H31N3O4S. The summed E-state index contributed by atoms with van der Waals surface area (Å²) < 4.78 is 11.9. The Hall–Kier alpha value is -2.68. The van der Waals surface area contributed by atoms with Gasteiger partial charge in [-0.25, -0.2) is 0 Å². The highest BCUT2D eigenvalue weighted by Crippen LogP contribution is 2.34. The maximum atomic E-state index is 12.9. The maximum Gasteiger partial charge on any atom is 0.256 e. The number of benzene rings is 1. The normalized spacial score (nSPS) is 25.4. The van der Waals surface area contributed by atoms with Gasteiger partial charge in [-0.1, -0.05) is 18.7 Å². The highest BCUT2D eigenvalue weighted by Gasteiger charge is 2.39. The fraction of sp³-hybridized carbons (Fsp3) is 0.462. The summed E-state index contributed by atoms with van der Waals surface area (Å²) in [6, 6.07) is 7.80. The number of morpholine rings is 1. The molecule has 1 aromatic carbocycles. The monoisotopic (exact) mass is 481 g/mol. The number of carbonyl (C=O) groups is 2. The third-order valence-electron chi connectivity index (χ3n) is 6.69. The van der Waals surface area contributed by atoms with Crippen LogP contribution < -0.4 is 10.1 Å². The summed E-state index contributed by atoms with van der Waals surface area (Å²) >= 11 is 1.55. The highest BCUT2D eigenvalue weighted by atomic mass is 32.1. The summed E-state index contributed by atoms with van der Waals surface area (Å²) in [5.41, 5.74) is 3.65. The van der Waals surface area contributed by atoms with E-state index in [9.17, 15) is 9.59 Å². The molecule has 2 amide bonds. The molecule has 0 aliphatic carbocycles. The van der Waals surface area contributed by atoms with Crippen LogP contribution in [0.25, 0.3) is 0 Å². The summed E-state index contributed by atoms with van der Waals surface area (Å²) in [4.78, 5) is 30.5. The number of nitrogens with one attached hydrogen (secondary N) is 1. The maximum absolute atomic E-state index is 12.9. The van der Waals surface area contributed by atoms with E-state index in [0.29, 0.717) is 31.6 Å². The second kappa shape index (κ2) is 9.52. The first kappa shape index (κ1) is 23.1. The summed E-state index contributed by atoms with van der Waals surface area (Å²) in [6.07, 6.45) is 1.83. The molecule has 5 rings (SSSR count). The van der Waals surface area contributed by atoms with Crippen molar-refractivity contribution >= 4 is 23.2 Å². The Morgan fingerprint density at radius 2 is 1.91 bits per heavy atom. The summed E-state index contributed by atoms with van der Waals surface area (Å²) in [5.74, 6) is 0.597. The fourth-order valence-electron chi connectivity index (χ4n) is 5.12. The lowest BCUT2D eigenvalue weighted by atomic mass is 10.0. The number of fused-ring (bicyclic) bond motifs is 1. The van der Waals surface area contributed by atoms with Gasteiger partial charge in [-0.3, -0.25) is 14.5 Å². The Morgan fingerprint density at radius 1 is 1.18 bits per heavy atom. The zero-order valence-electron chi connectivity index (χ0n) is 19.7. The Balaban J connectivity index is 1.18. The number of carbonyl (C=O) groups excluding carboxylic acids is 2. The third-order valence-corrected chi connectivity index (χ3v) is 7.70. The van der Waals surface area contributed by atoms with E-state index >= 15 is 0 Å². The van der Waals surface area contributed by atoms with Crippen molar-refractivity contribution in [1.29, 1.82) is 0 Å². The number of nitrogens with zero attached hydrogens (tertiary/aromatic N) is 2. The topological polar surface area (TPSA) is 71.1 Å². The number of hydrogen-bond acceptors (Lipinski definition) is 6. The van der Waals surface area contributed by atoms with E-state index < -0.39 is 6.04 Å². The van der Waals surface area contributed by atoms with E-state index in [1.807, 2.05) is 17.5 Å². The molecule has 2 fully saturated rings. The number of hydrogen-bond donors (Lipinski definition) is 1. The van der Waals surface area contributed by atoms with E-state index in [1.54, 1.807) is 16.2 Å². The van der Waals surface area contributed by atoms with Crippen molar-refractivity contribution in [2.45, 2.75) is 64.6 Å². The first-order valence-electron chi connectivity index (χ1n) is 11.9. The molecular weight excluding hydrogens is 450 g/mol. The van der Waals surface area contributed by atoms with Gasteiger partial charge in [0.15, 0.2) is 0 Å². The minimum absolute atomic E-state index is 0.0683. The molecule has 3 aliphatic heterocycles. The van der Waals surface area contributed by atoms with Crippen molar-refractivity contribution in [3.8, 4) is 5.75 Å². The molecule has 2 unspecified atom stereocenters. The quantitative estimate of drug-likeness (QED) is 0.682. The largest absolute Gasteiger partial charge is 0.488 e. The third kappa shape index (κ3) is 4.76. The highest BCUT2D eigenvalue weighted by molar-refractivity contribution is 7.10. The number of ether oxygens (including phenoxy) is 2. The van der Waals surface area contributed by atoms with Gasteiger partial charge in [-0.05, 0) is 44.4 Å². The molecule has 3 aliphatic rings. The summed E-state index contributed by atoms with van der Waals surface area (Å²) in [6.45, 7) is 11.7. The molecule has 7 nitrogen and oxygen atoms in total. The van der Waals surface area contributed by atoms with Crippen LogP contribution in [0.5, 0.6) is 5.75 Å². The number of thiophene rings is 1. The zero-order chi connectivity index (χ0) is 23.8. The number of rotatable bonds is 6. The van der Waals surface area contributed by atoms with Crippen molar-refractivity contribution in [3.05, 3.63) is 63.5 Å². The minimum atomic E-state index is -0.436. The van der Waals surface area contributed by atoms with Crippen molar-refractivity contribution in [3.63, 3.8) is 0 Å². The van der Waals surface area contributed by atoms with Gasteiger partial charge < -0.3 is 19.7 Å². The van der Waals surface area contributed by atoms with E-state index in [-0.39, 0.29) is 24.0 Å². The predicted molar refractivity (Wildman–Crippen MR) is 131 cm³/mol. The van der Waals surface area contributed by atoms with Gasteiger partial charge in [0.25, 0.3) is 5.91 Å². The molecule has 2 saturated heterocycles. The van der Waals surface area contributed by atoms with Crippen LogP contribution in [0.3, 0.4) is 0 Å². The van der Waals surface area contributed by atoms with Crippen LogP contribution in [-0.4, -0.2) is 53.0 Å². The van der Waals surface area contributed by atoms with E-state index in [2.05, 4.69) is 42.8 Å². The average Bonchev–Trinajstić information content (AvgIpc) is 3.33. The van der Waals surface area contributed by atoms with Gasteiger partial charge in [0.05, 0.1) is 17.8 Å². The lowest BCUT2D eigenvalue weighted by Crippen LogP contribution is -2.49. The molecule has 180 valence electrons. The molecule has 3 atom stereocenters. The van der Waals surface area contributed by atoms with E-state index in [1.165, 1.54) is 5.56 Å². The predicted octanol–water partition coefficient (Wildman–Crippen LogP) is 3.68. The second-order valence-electron chi connectivity index (χ2n) is 9.52. The van der Waals surface area contributed by atoms with Crippen LogP contribution in [0.15, 0.2) is 41.9 Å². The smallest absolute Gasteiger partial charge is 0.256 e. The lowest BCUT2D eigenvalue weighted by molar-refractivity contribution is -0.126. The molecule has 8 heteroatoms. The second-order valence-corrected chi connectivity index (χ2v) is 10.5. The van der Waals surface area contributed by atoms with Gasteiger partial charge in [-0.15, -0.1) is 11.3 Å². The van der Waals surface area contributed by atoms with Crippen molar-refractivity contribution in [1.82, 2.24) is 15.1 Å². The first-order chi connectivity index (χ1) is 16.4. The molecule has 0 saturated carbocycles. The van der Waals surface area contributed by atoms with Gasteiger partial charge >= 0.3 is 0 Å². The van der Waals surface area contributed by atoms with Gasteiger partial charge in [0.2, 0.25) is 5.91 Å². The van der Waals surface area contributed by atoms with Gasteiger partial charge in [-0.2, -0.15) is 0 Å². The minimum Gasteiger partial charge on any atom is -0.488 e. The average molecular weight is 482 g/mol. The van der Waals surface area contributed by atoms with Crippen molar-refractivity contribution in [2.75, 3.05) is 13.1 Å². The summed E-state index contributed by atoms with van der Waals surface area (Å²) in [7, 11) is 0. The Morgan fingerprint density at radius 3 is 2.62 bits per heavy atom.